The van der Waals surface area contributed by atoms with Crippen LogP contribution < -0.4 is 5.32 Å². The molecule has 0 aliphatic carbocycles. The van der Waals surface area contributed by atoms with Crippen molar-refractivity contribution in [2.75, 3.05) is 6.54 Å². The highest BCUT2D eigenvalue weighted by molar-refractivity contribution is 5.93. The van der Waals surface area contributed by atoms with Crippen molar-refractivity contribution >= 4 is 5.91 Å². The van der Waals surface area contributed by atoms with E-state index in [-0.39, 0.29) is 5.91 Å². The molecule has 0 radical (unpaired) electrons. The van der Waals surface area contributed by atoms with Gasteiger partial charge in [0.2, 0.25) is 0 Å². The predicted molar refractivity (Wildman–Crippen MR) is 69.1 cm³/mol. The number of hydrogen-bond donors (Lipinski definition) is 2. The summed E-state index contributed by atoms with van der Waals surface area (Å²) in [4.78, 5) is 18.9. The van der Waals surface area contributed by atoms with E-state index in [9.17, 15) is 4.79 Å². The van der Waals surface area contributed by atoms with Gasteiger partial charge in [-0.15, -0.1) is 0 Å². The van der Waals surface area contributed by atoms with Crippen LogP contribution in [-0.2, 0) is 6.42 Å². The number of carbonyl (C=O) groups is 1. The molecule has 2 N–H and O–H groups in total. The quantitative estimate of drug-likeness (QED) is 0.683. The molecule has 0 saturated heterocycles. The largest absolute Gasteiger partial charge is 0.351 e. The summed E-state index contributed by atoms with van der Waals surface area (Å²) in [6, 6.07) is 0. The molecule has 1 aromatic rings. The normalized spacial score (nSPS) is 10.5. The van der Waals surface area contributed by atoms with Gasteiger partial charge in [0.05, 0.1) is 6.33 Å². The molecule has 0 bridgehead atoms. The van der Waals surface area contributed by atoms with Crippen molar-refractivity contribution in [1.82, 2.24) is 15.3 Å². The Morgan fingerprint density at radius 2 is 2.12 bits per heavy atom. The first-order valence-electron chi connectivity index (χ1n) is 6.60. The lowest BCUT2D eigenvalue weighted by Gasteiger charge is -2.04. The number of aromatic amines is 1. The van der Waals surface area contributed by atoms with Gasteiger partial charge in [-0.1, -0.05) is 39.5 Å². The lowest BCUT2D eigenvalue weighted by molar-refractivity contribution is 0.0947. The summed E-state index contributed by atoms with van der Waals surface area (Å²) in [5, 5.41) is 2.92. The van der Waals surface area contributed by atoms with E-state index in [1.807, 2.05) is 0 Å². The summed E-state index contributed by atoms with van der Waals surface area (Å²) in [5.41, 5.74) is 1.50. The first kappa shape index (κ1) is 13.7. The molecule has 17 heavy (non-hydrogen) atoms. The van der Waals surface area contributed by atoms with E-state index in [4.69, 9.17) is 0 Å². The predicted octanol–water partition coefficient (Wildman–Crippen LogP) is 2.67. The molecule has 4 heteroatoms. The number of aromatic nitrogens is 2. The average molecular weight is 237 g/mol. The lowest BCUT2D eigenvalue weighted by atomic mass is 10.2. The zero-order valence-corrected chi connectivity index (χ0v) is 10.9. The summed E-state index contributed by atoms with van der Waals surface area (Å²) in [6.45, 7) is 5.02. The molecule has 1 amide bonds. The summed E-state index contributed by atoms with van der Waals surface area (Å²) in [7, 11) is 0. The monoisotopic (exact) mass is 237 g/mol. The van der Waals surface area contributed by atoms with Gasteiger partial charge in [-0.25, -0.2) is 4.98 Å². The van der Waals surface area contributed by atoms with Crippen LogP contribution >= 0.6 is 0 Å². The lowest BCUT2D eigenvalue weighted by Crippen LogP contribution is -2.25. The fraction of sp³-hybridized carbons (Fsp3) is 0.692. The number of carbonyl (C=O) groups excluding carboxylic acids is 1. The molecule has 96 valence electrons. The van der Waals surface area contributed by atoms with E-state index in [1.165, 1.54) is 19.3 Å². The van der Waals surface area contributed by atoms with Gasteiger partial charge in [0.1, 0.15) is 5.69 Å². The van der Waals surface area contributed by atoms with E-state index < -0.39 is 0 Å². The topological polar surface area (TPSA) is 57.8 Å². The second-order valence-corrected chi connectivity index (χ2v) is 4.30. The number of amides is 1. The maximum absolute atomic E-state index is 11.8. The Bertz CT molecular complexity index is 333. The van der Waals surface area contributed by atoms with Crippen molar-refractivity contribution in [3.05, 3.63) is 17.7 Å². The van der Waals surface area contributed by atoms with Crippen LogP contribution in [0.25, 0.3) is 0 Å². The van der Waals surface area contributed by atoms with Crippen LogP contribution in [0.3, 0.4) is 0 Å². The maximum Gasteiger partial charge on any atom is 0.271 e. The third-order valence-electron chi connectivity index (χ3n) is 2.75. The Morgan fingerprint density at radius 1 is 1.29 bits per heavy atom. The molecule has 4 nitrogen and oxygen atoms in total. The molecular weight excluding hydrogens is 214 g/mol. The molecule has 0 spiro atoms. The molecule has 1 heterocycles. The van der Waals surface area contributed by atoms with Gasteiger partial charge in [-0.2, -0.15) is 0 Å². The average Bonchev–Trinajstić information content (AvgIpc) is 2.77. The Balaban J connectivity index is 2.33. The highest BCUT2D eigenvalue weighted by atomic mass is 16.1. The molecular formula is C13H23N3O. The third kappa shape index (κ3) is 4.59. The van der Waals surface area contributed by atoms with Crippen LogP contribution in [0.1, 0.15) is 62.1 Å². The molecule has 0 atom stereocenters. The molecule has 0 fully saturated rings. The van der Waals surface area contributed by atoms with E-state index in [0.29, 0.717) is 5.69 Å². The smallest absolute Gasteiger partial charge is 0.271 e. The highest BCUT2D eigenvalue weighted by Gasteiger charge is 2.12. The van der Waals surface area contributed by atoms with Crippen LogP contribution in [0.5, 0.6) is 0 Å². The van der Waals surface area contributed by atoms with Gasteiger partial charge in [-0.3, -0.25) is 4.79 Å². The van der Waals surface area contributed by atoms with Crippen LogP contribution in [0.2, 0.25) is 0 Å². The van der Waals surface area contributed by atoms with Crippen molar-refractivity contribution in [2.45, 2.75) is 52.4 Å². The minimum atomic E-state index is -0.0498. The molecule has 0 aliphatic rings. The van der Waals surface area contributed by atoms with Crippen LogP contribution in [0.15, 0.2) is 6.33 Å². The van der Waals surface area contributed by atoms with Crippen molar-refractivity contribution in [3.8, 4) is 0 Å². The number of aryl methyl sites for hydroxylation is 1. The first-order valence-corrected chi connectivity index (χ1v) is 6.60. The second kappa shape index (κ2) is 7.87. The van der Waals surface area contributed by atoms with E-state index in [1.54, 1.807) is 6.33 Å². The highest BCUT2D eigenvalue weighted by Crippen LogP contribution is 2.05. The van der Waals surface area contributed by atoms with Gasteiger partial charge >= 0.3 is 0 Å². The zero-order chi connectivity index (χ0) is 12.5. The molecule has 0 saturated carbocycles. The molecule has 0 unspecified atom stereocenters. The summed E-state index contributed by atoms with van der Waals surface area (Å²) >= 11 is 0. The Hall–Kier alpha value is -1.32. The van der Waals surface area contributed by atoms with Gasteiger partial charge in [0.25, 0.3) is 5.91 Å². The van der Waals surface area contributed by atoms with E-state index in [0.717, 1.165) is 31.5 Å². The summed E-state index contributed by atoms with van der Waals surface area (Å²) in [6.07, 6.45) is 8.16. The van der Waals surface area contributed by atoms with Gasteiger partial charge < -0.3 is 10.3 Å². The summed E-state index contributed by atoms with van der Waals surface area (Å²) < 4.78 is 0. The number of nitrogens with one attached hydrogen (secondary N) is 2. The molecule has 0 aliphatic heterocycles. The Labute approximate surface area is 103 Å². The van der Waals surface area contributed by atoms with Crippen molar-refractivity contribution in [2.24, 2.45) is 0 Å². The number of rotatable bonds is 8. The zero-order valence-electron chi connectivity index (χ0n) is 10.9. The van der Waals surface area contributed by atoms with Crippen LogP contribution in [0.4, 0.5) is 0 Å². The van der Waals surface area contributed by atoms with Crippen LogP contribution in [-0.4, -0.2) is 22.4 Å². The Kier molecular flexibility index (Phi) is 6.37. The number of imidazole rings is 1. The van der Waals surface area contributed by atoms with Crippen molar-refractivity contribution < 1.29 is 4.79 Å². The SMILES string of the molecule is CCCCCCNC(=O)c1nc[nH]c1CCC. The fourth-order valence-electron chi connectivity index (χ4n) is 1.79. The fourth-order valence-corrected chi connectivity index (χ4v) is 1.79. The van der Waals surface area contributed by atoms with Gasteiger partial charge in [0, 0.05) is 12.2 Å². The number of unbranched alkanes of at least 4 members (excludes halogenated alkanes) is 3. The first-order chi connectivity index (χ1) is 8.29. The minimum absolute atomic E-state index is 0.0498. The van der Waals surface area contributed by atoms with E-state index >= 15 is 0 Å². The van der Waals surface area contributed by atoms with Gasteiger partial charge in [0.15, 0.2) is 0 Å². The molecule has 1 aromatic heterocycles. The third-order valence-corrected chi connectivity index (χ3v) is 2.75. The summed E-state index contributed by atoms with van der Waals surface area (Å²) in [5.74, 6) is -0.0498. The minimum Gasteiger partial charge on any atom is -0.351 e. The number of H-pyrrole nitrogens is 1. The number of nitrogens with zero attached hydrogens (tertiary/aromatic N) is 1. The van der Waals surface area contributed by atoms with Crippen molar-refractivity contribution in [1.29, 1.82) is 0 Å². The standard InChI is InChI=1S/C13H23N3O/c1-3-5-6-7-9-14-13(17)12-11(8-4-2)15-10-16-12/h10H,3-9H2,1-2H3,(H,14,17)(H,15,16). The number of hydrogen-bond acceptors (Lipinski definition) is 2. The maximum atomic E-state index is 11.8. The second-order valence-electron chi connectivity index (χ2n) is 4.30. The van der Waals surface area contributed by atoms with E-state index in [2.05, 4.69) is 29.1 Å². The molecule has 0 aromatic carbocycles. The Morgan fingerprint density at radius 3 is 2.82 bits per heavy atom. The molecule has 1 rings (SSSR count). The van der Waals surface area contributed by atoms with Crippen LogP contribution in [0, 0.1) is 0 Å². The van der Waals surface area contributed by atoms with Gasteiger partial charge in [-0.05, 0) is 12.8 Å². The van der Waals surface area contributed by atoms with Crippen molar-refractivity contribution in [3.63, 3.8) is 0 Å².